The van der Waals surface area contributed by atoms with Gasteiger partial charge in [-0.15, -0.1) is 0 Å². The molecule has 2 aliphatic rings. The molecule has 3 aromatic carbocycles. The Labute approximate surface area is 202 Å². The molecule has 3 aromatic rings. The molecule has 8 nitrogen and oxygen atoms in total. The van der Waals surface area contributed by atoms with Crippen molar-refractivity contribution >= 4 is 5.97 Å². The fraction of sp³-hybridized carbons (Fsp3) is 0.296. The molecule has 0 aromatic heterocycles. The summed E-state index contributed by atoms with van der Waals surface area (Å²) in [5, 5.41) is 10.1. The van der Waals surface area contributed by atoms with Gasteiger partial charge in [-0.1, -0.05) is 18.2 Å². The minimum atomic E-state index is -1.17. The van der Waals surface area contributed by atoms with Crippen LogP contribution < -0.4 is 9.47 Å². The van der Waals surface area contributed by atoms with Crippen molar-refractivity contribution in [2.24, 2.45) is 0 Å². The van der Waals surface area contributed by atoms with E-state index in [0.29, 0.717) is 73.6 Å². The quantitative estimate of drug-likeness (QED) is 0.345. The predicted octanol–water partition coefficient (Wildman–Crippen LogP) is 4.02. The zero-order chi connectivity index (χ0) is 24.3. The first-order valence-electron chi connectivity index (χ1n) is 11.4. The molecule has 0 amide bonds. The first-order chi connectivity index (χ1) is 17.1. The molecule has 0 radical (unpaired) electrons. The molecule has 2 heterocycles. The van der Waals surface area contributed by atoms with Crippen LogP contribution in [0.1, 0.15) is 27.0 Å². The summed E-state index contributed by atoms with van der Waals surface area (Å²) in [6, 6.07) is 17.5. The van der Waals surface area contributed by atoms with Gasteiger partial charge in [0.15, 0.2) is 5.60 Å². The number of hydrogen-bond donors (Lipinski definition) is 1. The Hall–Kier alpha value is -3.59. The van der Waals surface area contributed by atoms with Crippen LogP contribution in [-0.2, 0) is 24.5 Å². The minimum absolute atomic E-state index is 0.0516. The highest BCUT2D eigenvalue weighted by molar-refractivity contribution is 5.97. The van der Waals surface area contributed by atoms with Crippen molar-refractivity contribution in [1.29, 1.82) is 0 Å². The number of benzene rings is 3. The van der Waals surface area contributed by atoms with Gasteiger partial charge >= 0.3 is 5.97 Å². The summed E-state index contributed by atoms with van der Waals surface area (Å²) >= 11 is 0. The molecule has 0 saturated carbocycles. The highest BCUT2D eigenvalue weighted by Crippen LogP contribution is 2.56. The Morgan fingerprint density at radius 1 is 0.800 bits per heavy atom. The Balaban J connectivity index is 1.36. The summed E-state index contributed by atoms with van der Waals surface area (Å²) in [4.78, 5) is 12.8. The molecule has 0 aliphatic carbocycles. The van der Waals surface area contributed by atoms with Crippen LogP contribution in [0.4, 0.5) is 0 Å². The van der Waals surface area contributed by atoms with Crippen molar-refractivity contribution in [3.63, 3.8) is 0 Å². The van der Waals surface area contributed by atoms with Crippen molar-refractivity contribution in [1.82, 2.24) is 0 Å². The number of methoxy groups -OCH3 is 1. The summed E-state index contributed by atoms with van der Waals surface area (Å²) < 4.78 is 33.9. The van der Waals surface area contributed by atoms with Crippen molar-refractivity contribution in [2.45, 2.75) is 5.60 Å². The third-order valence-electron chi connectivity index (χ3n) is 5.97. The van der Waals surface area contributed by atoms with Crippen molar-refractivity contribution in [2.75, 3.05) is 46.8 Å². The molecule has 2 aliphatic heterocycles. The van der Waals surface area contributed by atoms with Gasteiger partial charge < -0.3 is 33.5 Å². The van der Waals surface area contributed by atoms with Crippen LogP contribution in [0.2, 0.25) is 0 Å². The van der Waals surface area contributed by atoms with Crippen LogP contribution in [0.5, 0.6) is 23.0 Å². The van der Waals surface area contributed by atoms with E-state index in [-0.39, 0.29) is 5.75 Å². The number of fused-ring (bicyclic) bond motifs is 6. The van der Waals surface area contributed by atoms with Crippen LogP contribution in [0.15, 0.2) is 60.7 Å². The van der Waals surface area contributed by atoms with Gasteiger partial charge in [0.1, 0.15) is 29.6 Å². The molecule has 1 spiro atoms. The van der Waals surface area contributed by atoms with E-state index in [0.717, 1.165) is 5.56 Å². The average molecular weight is 478 g/mol. The van der Waals surface area contributed by atoms with Gasteiger partial charge in [-0.3, -0.25) is 0 Å². The second-order valence-corrected chi connectivity index (χ2v) is 8.12. The second-order valence-electron chi connectivity index (χ2n) is 8.12. The summed E-state index contributed by atoms with van der Waals surface area (Å²) in [6.07, 6.45) is 0. The maximum absolute atomic E-state index is 12.8. The number of carbonyl (C=O) groups excluding carboxylic acids is 1. The summed E-state index contributed by atoms with van der Waals surface area (Å²) in [5.74, 6) is 1.13. The number of aromatic hydroxyl groups is 1. The molecular weight excluding hydrogens is 452 g/mol. The standard InChI is InChI=1S/C27H26O8/c1-30-10-11-31-12-13-32-14-15-33-19-7-9-23-25(17-19)34-24-16-18(28)6-8-22(24)27(23)21-5-3-2-4-20(21)26(29)35-27/h2-9,16-17,28H,10-15H2,1H3. The molecular formula is C27H26O8. The molecule has 182 valence electrons. The highest BCUT2D eigenvalue weighted by atomic mass is 16.6. The lowest BCUT2D eigenvalue weighted by molar-refractivity contribution is 0.0178. The van der Waals surface area contributed by atoms with Crippen LogP contribution in [-0.4, -0.2) is 57.8 Å². The zero-order valence-electron chi connectivity index (χ0n) is 19.3. The van der Waals surface area contributed by atoms with Crippen molar-refractivity contribution < 1.29 is 38.3 Å². The van der Waals surface area contributed by atoms with Gasteiger partial charge in [0.25, 0.3) is 0 Å². The Bertz CT molecular complexity index is 1220. The number of hydrogen-bond acceptors (Lipinski definition) is 8. The normalized spacial score (nSPS) is 17.3. The van der Waals surface area contributed by atoms with Gasteiger partial charge in [0.05, 0.1) is 38.6 Å². The number of carbonyl (C=O) groups is 1. The zero-order valence-corrected chi connectivity index (χ0v) is 19.3. The van der Waals surface area contributed by atoms with E-state index in [1.807, 2.05) is 30.3 Å². The molecule has 1 atom stereocenters. The largest absolute Gasteiger partial charge is 0.508 e. The van der Waals surface area contributed by atoms with Crippen LogP contribution in [0.3, 0.4) is 0 Å². The minimum Gasteiger partial charge on any atom is -0.508 e. The molecule has 0 saturated heterocycles. The lowest BCUT2D eigenvalue weighted by atomic mass is 9.77. The van der Waals surface area contributed by atoms with Crippen molar-refractivity contribution in [3.8, 4) is 23.0 Å². The molecule has 0 fully saturated rings. The predicted molar refractivity (Wildman–Crippen MR) is 125 cm³/mol. The van der Waals surface area contributed by atoms with Gasteiger partial charge in [-0.05, 0) is 30.3 Å². The van der Waals surface area contributed by atoms with E-state index in [9.17, 15) is 9.90 Å². The smallest absolute Gasteiger partial charge is 0.340 e. The van der Waals surface area contributed by atoms with E-state index >= 15 is 0 Å². The monoisotopic (exact) mass is 478 g/mol. The first-order valence-corrected chi connectivity index (χ1v) is 11.4. The van der Waals surface area contributed by atoms with Gasteiger partial charge in [0, 0.05) is 35.9 Å². The van der Waals surface area contributed by atoms with E-state index in [2.05, 4.69) is 0 Å². The van der Waals surface area contributed by atoms with Crippen LogP contribution in [0.25, 0.3) is 0 Å². The lowest BCUT2D eigenvalue weighted by Gasteiger charge is -2.36. The SMILES string of the molecule is COCCOCCOCCOc1ccc2c(c1)Oc1cc(O)ccc1C21OC(=O)c2ccccc21. The van der Waals surface area contributed by atoms with Gasteiger partial charge in [-0.2, -0.15) is 0 Å². The van der Waals surface area contributed by atoms with Crippen molar-refractivity contribution in [3.05, 3.63) is 82.9 Å². The van der Waals surface area contributed by atoms with Gasteiger partial charge in [0.2, 0.25) is 0 Å². The van der Waals surface area contributed by atoms with E-state index in [1.165, 1.54) is 6.07 Å². The lowest BCUT2D eigenvalue weighted by Crippen LogP contribution is -2.33. The van der Waals surface area contributed by atoms with Crippen LogP contribution >= 0.6 is 0 Å². The fourth-order valence-electron chi connectivity index (χ4n) is 4.42. The van der Waals surface area contributed by atoms with E-state index in [4.69, 9.17) is 28.4 Å². The highest BCUT2D eigenvalue weighted by Gasteiger charge is 2.53. The maximum Gasteiger partial charge on any atom is 0.340 e. The number of phenols is 1. The number of rotatable bonds is 10. The summed E-state index contributed by atoms with van der Waals surface area (Å²) in [7, 11) is 1.63. The van der Waals surface area contributed by atoms with E-state index < -0.39 is 11.6 Å². The molecule has 5 rings (SSSR count). The van der Waals surface area contributed by atoms with E-state index in [1.54, 1.807) is 31.4 Å². The van der Waals surface area contributed by atoms with Gasteiger partial charge in [-0.25, -0.2) is 4.79 Å². The third-order valence-corrected chi connectivity index (χ3v) is 5.97. The third kappa shape index (κ3) is 4.32. The number of esters is 1. The summed E-state index contributed by atoms with van der Waals surface area (Å²) in [6.45, 7) is 2.79. The fourth-order valence-corrected chi connectivity index (χ4v) is 4.42. The topological polar surface area (TPSA) is 92.7 Å². The first kappa shape index (κ1) is 23.2. The van der Waals surface area contributed by atoms with Crippen LogP contribution in [0, 0.1) is 0 Å². The molecule has 8 heteroatoms. The Morgan fingerprint density at radius 2 is 1.49 bits per heavy atom. The molecule has 35 heavy (non-hydrogen) atoms. The Kier molecular flexibility index (Phi) is 6.59. The number of ether oxygens (including phenoxy) is 6. The second kappa shape index (κ2) is 9.95. The molecule has 1 N–H and O–H groups in total. The maximum atomic E-state index is 12.8. The molecule has 1 unspecified atom stereocenters. The summed E-state index contributed by atoms with van der Waals surface area (Å²) in [5.41, 5.74) is 1.40. The Morgan fingerprint density at radius 3 is 2.29 bits per heavy atom. The average Bonchev–Trinajstić information content (AvgIpc) is 3.15. The molecule has 0 bridgehead atoms. The number of phenolic OH excluding ortho intramolecular Hbond substituents is 1.